The lowest BCUT2D eigenvalue weighted by Gasteiger charge is -2.20. The van der Waals surface area contributed by atoms with Crippen molar-refractivity contribution in [2.75, 3.05) is 12.5 Å². The van der Waals surface area contributed by atoms with Crippen molar-refractivity contribution in [1.82, 2.24) is 0 Å². The van der Waals surface area contributed by atoms with Gasteiger partial charge in [-0.2, -0.15) is 0 Å². The zero-order valence-corrected chi connectivity index (χ0v) is 7.51. The largest absolute Gasteiger partial charge is 0.393 e. The van der Waals surface area contributed by atoms with Crippen LogP contribution in [-0.4, -0.2) is 38.5 Å². The van der Waals surface area contributed by atoms with Gasteiger partial charge in [0.15, 0.2) is 0 Å². The van der Waals surface area contributed by atoms with Crippen molar-refractivity contribution < 1.29 is 14.4 Å². The molecular formula is C6H16O3S. The molecule has 2 N–H and O–H groups in total. The summed E-state index contributed by atoms with van der Waals surface area (Å²) in [5, 5.41) is 17.9. The van der Waals surface area contributed by atoms with Crippen LogP contribution in [0.5, 0.6) is 0 Å². The summed E-state index contributed by atoms with van der Waals surface area (Å²) in [6.07, 6.45) is 2.65. The first-order valence-electron chi connectivity index (χ1n) is 3.25. The van der Waals surface area contributed by atoms with E-state index in [4.69, 9.17) is 10.2 Å². The predicted octanol–water partition coefficient (Wildman–Crippen LogP) is -0.648. The molecule has 0 saturated carbocycles. The molecule has 2 atom stereocenters. The maximum absolute atomic E-state index is 11.1. The summed E-state index contributed by atoms with van der Waals surface area (Å²) in [6.45, 7) is 1.57. The Morgan fingerprint density at radius 2 is 1.80 bits per heavy atom. The van der Waals surface area contributed by atoms with Gasteiger partial charge in [0.2, 0.25) is 0 Å². The van der Waals surface area contributed by atoms with Crippen molar-refractivity contribution in [3.8, 4) is 0 Å². The molecule has 0 spiro atoms. The van der Waals surface area contributed by atoms with Gasteiger partial charge in [-0.15, -0.1) is 0 Å². The summed E-state index contributed by atoms with van der Waals surface area (Å²) in [5.74, 6) is 0. The Kier molecular flexibility index (Phi) is 3.48. The van der Waals surface area contributed by atoms with Gasteiger partial charge in [0, 0.05) is 6.42 Å². The monoisotopic (exact) mass is 168 g/mol. The molecule has 3 nitrogen and oxygen atoms in total. The van der Waals surface area contributed by atoms with Crippen LogP contribution in [0.25, 0.3) is 0 Å². The van der Waals surface area contributed by atoms with Crippen LogP contribution >= 0.6 is 0 Å². The molecule has 0 aliphatic carbocycles. The van der Waals surface area contributed by atoms with Crippen LogP contribution in [0.15, 0.2) is 0 Å². The summed E-state index contributed by atoms with van der Waals surface area (Å²) in [7, 11) is -2.42. The van der Waals surface area contributed by atoms with E-state index in [1.165, 1.54) is 12.5 Å². The molecule has 4 heteroatoms. The Balaban J connectivity index is 3.86. The Morgan fingerprint density at radius 1 is 1.40 bits per heavy atom. The van der Waals surface area contributed by atoms with Crippen LogP contribution in [0.2, 0.25) is 0 Å². The molecule has 2 unspecified atom stereocenters. The zero-order chi connectivity index (χ0) is 8.36. The van der Waals surface area contributed by atoms with Gasteiger partial charge in [-0.25, -0.2) is 0 Å². The summed E-state index contributed by atoms with van der Waals surface area (Å²) in [5.41, 5.74) is -0.854. The van der Waals surface area contributed by atoms with Crippen molar-refractivity contribution in [1.29, 1.82) is 0 Å². The lowest BCUT2D eigenvalue weighted by molar-refractivity contribution is 0.131. The molecule has 0 aromatic rings. The topological polar surface area (TPSA) is 57.5 Å². The van der Waals surface area contributed by atoms with Gasteiger partial charge >= 0.3 is 0 Å². The van der Waals surface area contributed by atoms with Crippen LogP contribution in [0.1, 0.15) is 13.3 Å². The highest BCUT2D eigenvalue weighted by Gasteiger charge is 2.16. The van der Waals surface area contributed by atoms with E-state index in [0.717, 1.165) is 0 Å². The normalized spacial score (nSPS) is 20.1. The van der Waals surface area contributed by atoms with Crippen molar-refractivity contribution in [3.05, 3.63) is 0 Å². The second-order valence-electron chi connectivity index (χ2n) is 3.00. The van der Waals surface area contributed by atoms with Crippen LogP contribution in [0, 0.1) is 0 Å². The van der Waals surface area contributed by atoms with Crippen LogP contribution in [0.3, 0.4) is 0 Å². The molecule has 0 fully saturated rings. The van der Waals surface area contributed by atoms with Crippen molar-refractivity contribution in [3.63, 3.8) is 0 Å². The summed E-state index contributed by atoms with van der Waals surface area (Å²) in [6, 6.07) is 0. The van der Waals surface area contributed by atoms with Gasteiger partial charge in [-0.1, -0.05) is 9.93 Å². The Bertz CT molecular complexity index is 138. The average molecular weight is 168 g/mol. The van der Waals surface area contributed by atoms with E-state index >= 15 is 0 Å². The molecule has 0 rings (SSSR count). The zero-order valence-electron chi connectivity index (χ0n) is 6.61. The third-order valence-electron chi connectivity index (χ3n) is 1.27. The lowest BCUT2D eigenvalue weighted by Crippen LogP contribution is -2.28. The van der Waals surface area contributed by atoms with Crippen molar-refractivity contribution >= 4 is 9.93 Å². The minimum absolute atomic E-state index is 0.199. The quantitative estimate of drug-likeness (QED) is 0.491. The predicted molar refractivity (Wildman–Crippen MR) is 43.7 cm³/mol. The highest BCUT2D eigenvalue weighted by Crippen LogP contribution is 2.08. The fraction of sp³-hybridized carbons (Fsp3) is 1.00. The van der Waals surface area contributed by atoms with Gasteiger partial charge in [-0.05, 0) is 19.4 Å². The standard InChI is InChI=1S/C6H16O3S/c1-5(7)4-6(8)10(2,3)9/h5-8,10H,4H2,1-3H3. The fourth-order valence-electron chi connectivity index (χ4n) is 0.559. The highest BCUT2D eigenvalue weighted by atomic mass is 32.2. The number of thiol groups is 1. The smallest absolute Gasteiger partial charge is 0.109 e. The SMILES string of the molecule is CC(O)CC(O)[SH](C)(C)=O. The fourth-order valence-corrected chi connectivity index (χ4v) is 1.37. The Morgan fingerprint density at radius 3 is 1.90 bits per heavy atom. The number of aliphatic hydroxyl groups excluding tert-OH is 2. The van der Waals surface area contributed by atoms with Crippen LogP contribution in [0.4, 0.5) is 0 Å². The third kappa shape index (κ3) is 3.98. The highest BCUT2D eigenvalue weighted by molar-refractivity contribution is 8.02. The lowest BCUT2D eigenvalue weighted by atomic mass is 10.3. The number of hydrogen-bond acceptors (Lipinski definition) is 3. The van der Waals surface area contributed by atoms with E-state index in [0.29, 0.717) is 0 Å². The molecule has 10 heavy (non-hydrogen) atoms. The maximum atomic E-state index is 11.1. The molecule has 64 valence electrons. The number of rotatable bonds is 3. The average Bonchev–Trinajstić information content (AvgIpc) is 1.60. The van der Waals surface area contributed by atoms with E-state index in [1.807, 2.05) is 0 Å². The Labute approximate surface area is 62.5 Å². The molecule has 0 radical (unpaired) electrons. The number of hydrogen-bond donors (Lipinski definition) is 3. The first-order chi connectivity index (χ1) is 4.34. The van der Waals surface area contributed by atoms with Gasteiger partial charge in [0.25, 0.3) is 0 Å². The maximum Gasteiger partial charge on any atom is 0.109 e. The van der Waals surface area contributed by atoms with E-state index in [2.05, 4.69) is 0 Å². The molecule has 0 aliphatic heterocycles. The van der Waals surface area contributed by atoms with Crippen LogP contribution in [-0.2, 0) is 9.93 Å². The first-order valence-corrected chi connectivity index (χ1v) is 5.92. The Hall–Kier alpha value is 0.0700. The summed E-state index contributed by atoms with van der Waals surface area (Å²) >= 11 is 0. The molecule has 0 saturated heterocycles. The molecule has 0 amide bonds. The molecule has 0 heterocycles. The number of aliphatic hydroxyl groups is 2. The van der Waals surface area contributed by atoms with E-state index < -0.39 is 21.5 Å². The van der Waals surface area contributed by atoms with Gasteiger partial charge < -0.3 is 10.2 Å². The van der Waals surface area contributed by atoms with E-state index in [1.54, 1.807) is 6.92 Å². The van der Waals surface area contributed by atoms with E-state index in [-0.39, 0.29) is 6.42 Å². The molecule has 0 aromatic carbocycles. The minimum Gasteiger partial charge on any atom is -0.393 e. The minimum atomic E-state index is -2.42. The van der Waals surface area contributed by atoms with Crippen molar-refractivity contribution in [2.45, 2.75) is 24.9 Å². The summed E-state index contributed by atoms with van der Waals surface area (Å²) in [4.78, 5) is 0. The summed E-state index contributed by atoms with van der Waals surface area (Å²) < 4.78 is 11.1. The molecular weight excluding hydrogens is 152 g/mol. The molecule has 0 aromatic heterocycles. The van der Waals surface area contributed by atoms with Crippen LogP contribution < -0.4 is 0 Å². The van der Waals surface area contributed by atoms with Gasteiger partial charge in [-0.3, -0.25) is 4.21 Å². The van der Waals surface area contributed by atoms with Gasteiger partial charge in [0.1, 0.15) is 5.44 Å². The first kappa shape index (κ1) is 10.1. The third-order valence-corrected chi connectivity index (χ3v) is 2.92. The molecule has 0 bridgehead atoms. The van der Waals surface area contributed by atoms with Crippen molar-refractivity contribution in [2.24, 2.45) is 0 Å². The van der Waals surface area contributed by atoms with Gasteiger partial charge in [0.05, 0.1) is 6.10 Å². The second kappa shape index (κ2) is 3.46. The molecule has 0 aliphatic rings. The van der Waals surface area contributed by atoms with E-state index in [9.17, 15) is 4.21 Å². The second-order valence-corrected chi connectivity index (χ2v) is 6.46.